The van der Waals surface area contributed by atoms with Crippen molar-refractivity contribution in [3.8, 4) is 0 Å². The molecule has 0 N–H and O–H groups in total. The maximum Gasteiger partial charge on any atom is 0.244 e. The predicted octanol–water partition coefficient (Wildman–Crippen LogP) is 4.27. The topological polar surface area (TPSA) is 46.6 Å². The molecule has 1 aromatic carbocycles. The Hall–Kier alpha value is -0.330. The van der Waals surface area contributed by atoms with Gasteiger partial charge >= 0.3 is 0 Å². The van der Waals surface area contributed by atoms with E-state index in [1.807, 2.05) is 0 Å². The van der Waals surface area contributed by atoms with E-state index >= 15 is 0 Å². The largest absolute Gasteiger partial charge is 0.381 e. The van der Waals surface area contributed by atoms with Gasteiger partial charge in [-0.05, 0) is 50.3 Å². The minimum absolute atomic E-state index is 0.0615. The monoisotopic (exact) mass is 391 g/mol. The summed E-state index contributed by atoms with van der Waals surface area (Å²) in [5.41, 5.74) is 0.537. The summed E-state index contributed by atoms with van der Waals surface area (Å²) in [4.78, 5) is 0.148. The van der Waals surface area contributed by atoms with Crippen molar-refractivity contribution in [2.75, 3.05) is 20.2 Å². The van der Waals surface area contributed by atoms with E-state index in [2.05, 4.69) is 0 Å². The van der Waals surface area contributed by atoms with E-state index in [1.54, 1.807) is 24.4 Å². The standard InChI is InChI=1S/C17H23Cl2NO3S/c1-12-13(18)6-7-14(16(12)19)24(21,22)20-10-4-9-17(11-20)8-3-5-15(17)23-2/h6-7,15H,3-5,8-11H2,1-2H3/t15-,17-/m1/s1. The molecule has 0 radical (unpaired) electrons. The normalized spacial score (nSPS) is 28.6. The molecule has 2 aliphatic rings. The van der Waals surface area contributed by atoms with E-state index in [1.165, 1.54) is 6.07 Å². The summed E-state index contributed by atoms with van der Waals surface area (Å²) in [5.74, 6) is 0. The van der Waals surface area contributed by atoms with Crippen LogP contribution >= 0.6 is 23.2 Å². The van der Waals surface area contributed by atoms with Crippen molar-refractivity contribution in [2.24, 2.45) is 5.41 Å². The van der Waals surface area contributed by atoms with Gasteiger partial charge in [-0.1, -0.05) is 29.6 Å². The Morgan fingerprint density at radius 1 is 1.25 bits per heavy atom. The highest BCUT2D eigenvalue weighted by molar-refractivity contribution is 7.89. The average Bonchev–Trinajstić information content (AvgIpc) is 2.94. The van der Waals surface area contributed by atoms with Gasteiger partial charge < -0.3 is 4.74 Å². The first-order valence-electron chi connectivity index (χ1n) is 8.29. The van der Waals surface area contributed by atoms with Crippen LogP contribution in [0.1, 0.15) is 37.7 Å². The Kier molecular flexibility index (Phi) is 5.20. The summed E-state index contributed by atoms with van der Waals surface area (Å²) in [5, 5.41) is 0.696. The number of sulfonamides is 1. The highest BCUT2D eigenvalue weighted by atomic mass is 35.5. The molecule has 2 fully saturated rings. The molecule has 134 valence electrons. The molecule has 1 aliphatic carbocycles. The molecule has 0 aromatic heterocycles. The van der Waals surface area contributed by atoms with Crippen LogP contribution in [0.15, 0.2) is 17.0 Å². The maximum absolute atomic E-state index is 13.2. The highest BCUT2D eigenvalue weighted by Crippen LogP contribution is 2.47. The van der Waals surface area contributed by atoms with E-state index in [0.717, 1.165) is 32.1 Å². The summed E-state index contributed by atoms with van der Waals surface area (Å²) in [7, 11) is -1.91. The van der Waals surface area contributed by atoms with Gasteiger partial charge in [0, 0.05) is 30.6 Å². The van der Waals surface area contributed by atoms with Gasteiger partial charge in [0.15, 0.2) is 0 Å². The lowest BCUT2D eigenvalue weighted by atomic mass is 9.77. The number of methoxy groups -OCH3 is 1. The molecule has 1 heterocycles. The number of halogens is 2. The quantitative estimate of drug-likeness (QED) is 0.772. The third-order valence-corrected chi connectivity index (χ3v) is 8.48. The van der Waals surface area contributed by atoms with Crippen molar-refractivity contribution in [1.82, 2.24) is 4.31 Å². The molecule has 3 rings (SSSR count). The molecule has 1 spiro atoms. The zero-order valence-corrected chi connectivity index (χ0v) is 16.3. The van der Waals surface area contributed by atoms with Crippen LogP contribution in [0.25, 0.3) is 0 Å². The Morgan fingerprint density at radius 2 is 1.96 bits per heavy atom. The fraction of sp³-hybridized carbons (Fsp3) is 0.647. The molecule has 0 bridgehead atoms. The number of hydrogen-bond donors (Lipinski definition) is 0. The van der Waals surface area contributed by atoms with Gasteiger partial charge in [0.2, 0.25) is 10.0 Å². The summed E-state index contributed by atoms with van der Waals surface area (Å²) in [6.07, 6.45) is 5.12. The van der Waals surface area contributed by atoms with Crippen LogP contribution in [0.5, 0.6) is 0 Å². The van der Waals surface area contributed by atoms with Crippen molar-refractivity contribution in [1.29, 1.82) is 0 Å². The zero-order chi connectivity index (χ0) is 17.5. The smallest absolute Gasteiger partial charge is 0.244 e. The number of benzene rings is 1. The summed E-state index contributed by atoms with van der Waals surface area (Å²) >= 11 is 12.3. The SMILES string of the molecule is CO[C@@H]1CCC[C@]12CCCN(S(=O)(=O)c1ccc(Cl)c(C)c1Cl)C2. The van der Waals surface area contributed by atoms with Crippen LogP contribution in [0.3, 0.4) is 0 Å². The first-order valence-corrected chi connectivity index (χ1v) is 10.5. The first kappa shape index (κ1) is 18.5. The van der Waals surface area contributed by atoms with E-state index < -0.39 is 10.0 Å². The number of hydrogen-bond acceptors (Lipinski definition) is 3. The lowest BCUT2D eigenvalue weighted by Crippen LogP contribution is -2.49. The van der Waals surface area contributed by atoms with Crippen molar-refractivity contribution >= 4 is 33.2 Å². The molecule has 1 saturated heterocycles. The zero-order valence-electron chi connectivity index (χ0n) is 14.0. The van der Waals surface area contributed by atoms with Crippen molar-refractivity contribution in [3.05, 3.63) is 27.7 Å². The van der Waals surface area contributed by atoms with Crippen LogP contribution in [0.2, 0.25) is 10.0 Å². The number of piperidine rings is 1. The molecule has 24 heavy (non-hydrogen) atoms. The third kappa shape index (κ3) is 2.99. The second-order valence-corrected chi connectivity index (χ2v) is 9.60. The maximum atomic E-state index is 13.2. The van der Waals surface area contributed by atoms with Crippen LogP contribution in [-0.4, -0.2) is 39.0 Å². The molecule has 7 heteroatoms. The second kappa shape index (κ2) is 6.76. The lowest BCUT2D eigenvalue weighted by molar-refractivity contribution is -0.0184. The van der Waals surface area contributed by atoms with Gasteiger partial charge in [0.05, 0.1) is 11.1 Å². The van der Waals surface area contributed by atoms with Gasteiger partial charge in [-0.2, -0.15) is 4.31 Å². The van der Waals surface area contributed by atoms with Crippen molar-refractivity contribution < 1.29 is 13.2 Å². The Morgan fingerprint density at radius 3 is 2.67 bits per heavy atom. The van der Waals surface area contributed by atoms with E-state index in [9.17, 15) is 8.42 Å². The molecule has 0 unspecified atom stereocenters. The number of nitrogens with zero attached hydrogens (tertiary/aromatic N) is 1. The highest BCUT2D eigenvalue weighted by Gasteiger charge is 2.48. The molecule has 1 aliphatic heterocycles. The second-order valence-electron chi connectivity index (χ2n) is 6.91. The Bertz CT molecular complexity index is 738. The van der Waals surface area contributed by atoms with Gasteiger partial charge in [0.25, 0.3) is 0 Å². The van der Waals surface area contributed by atoms with Crippen molar-refractivity contribution in [2.45, 2.75) is 50.0 Å². The summed E-state index contributed by atoms with van der Waals surface area (Å²) in [6, 6.07) is 3.11. The van der Waals surface area contributed by atoms with Gasteiger partial charge in [-0.15, -0.1) is 0 Å². The number of ether oxygens (including phenoxy) is 1. The minimum atomic E-state index is -3.64. The molecule has 1 saturated carbocycles. The van der Waals surface area contributed by atoms with E-state index in [-0.39, 0.29) is 21.4 Å². The van der Waals surface area contributed by atoms with Gasteiger partial charge in [0.1, 0.15) is 4.90 Å². The summed E-state index contributed by atoms with van der Waals surface area (Å²) in [6.45, 7) is 2.77. The van der Waals surface area contributed by atoms with Gasteiger partial charge in [-0.25, -0.2) is 8.42 Å². The van der Waals surface area contributed by atoms with E-state index in [0.29, 0.717) is 23.7 Å². The molecule has 1 aromatic rings. The molecule has 4 nitrogen and oxygen atoms in total. The van der Waals surface area contributed by atoms with Crippen LogP contribution in [0.4, 0.5) is 0 Å². The first-order chi connectivity index (χ1) is 11.3. The predicted molar refractivity (Wildman–Crippen MR) is 96.3 cm³/mol. The summed E-state index contributed by atoms with van der Waals surface area (Å²) < 4.78 is 33.6. The Labute approximate surface area is 154 Å². The third-order valence-electron chi connectivity index (χ3n) is 5.58. The fourth-order valence-corrected chi connectivity index (χ4v) is 6.60. The molecule has 2 atom stereocenters. The molecule has 0 amide bonds. The minimum Gasteiger partial charge on any atom is -0.381 e. The van der Waals surface area contributed by atoms with Crippen molar-refractivity contribution in [3.63, 3.8) is 0 Å². The van der Waals surface area contributed by atoms with Gasteiger partial charge in [-0.3, -0.25) is 0 Å². The van der Waals surface area contributed by atoms with Crippen LogP contribution in [-0.2, 0) is 14.8 Å². The van der Waals surface area contributed by atoms with E-state index in [4.69, 9.17) is 27.9 Å². The Balaban J connectivity index is 1.94. The molecular weight excluding hydrogens is 369 g/mol. The average molecular weight is 392 g/mol. The fourth-order valence-electron chi connectivity index (χ4n) is 4.24. The van der Waals surface area contributed by atoms with Crippen LogP contribution in [0, 0.1) is 12.3 Å². The molecular formula is C17H23Cl2NO3S. The lowest BCUT2D eigenvalue weighted by Gasteiger charge is -2.43. The number of rotatable bonds is 3. The van der Waals surface area contributed by atoms with Crippen LogP contribution < -0.4 is 0 Å².